The van der Waals surface area contributed by atoms with Gasteiger partial charge < -0.3 is 14.2 Å². The number of ether oxygens (including phenoxy) is 3. The summed E-state index contributed by atoms with van der Waals surface area (Å²) in [6.45, 7) is 6.18. The van der Waals surface area contributed by atoms with E-state index in [1.807, 2.05) is 54.7 Å². The smallest absolute Gasteiger partial charge is 0.306 e. The molecule has 0 saturated carbocycles. The molecule has 60 heavy (non-hydrogen) atoms. The number of allylic oxidation sites excluding steroid dienone is 22. The predicted octanol–water partition coefficient (Wildman–Crippen LogP) is 15.1. The summed E-state index contributed by atoms with van der Waals surface area (Å²) >= 11 is 0. The van der Waals surface area contributed by atoms with Gasteiger partial charge in [-0.25, -0.2) is 0 Å². The highest BCUT2D eigenvalue weighted by Gasteiger charge is 2.19. The quantitative estimate of drug-likeness (QED) is 0.0202. The molecule has 0 aliphatic heterocycles. The molecule has 6 heteroatoms. The average molecular weight is 827 g/mol. The van der Waals surface area contributed by atoms with Crippen LogP contribution in [0.3, 0.4) is 0 Å². The maximum Gasteiger partial charge on any atom is 0.306 e. The van der Waals surface area contributed by atoms with Crippen LogP contribution in [0.5, 0.6) is 0 Å². The van der Waals surface area contributed by atoms with E-state index in [-0.39, 0.29) is 50.4 Å². The minimum absolute atomic E-state index is 0.153. The van der Waals surface area contributed by atoms with Crippen LogP contribution in [0.4, 0.5) is 0 Å². The third-order valence-electron chi connectivity index (χ3n) is 8.99. The van der Waals surface area contributed by atoms with Crippen molar-refractivity contribution < 1.29 is 28.6 Å². The van der Waals surface area contributed by atoms with E-state index in [2.05, 4.69) is 99.8 Å². The highest BCUT2D eigenvalue weighted by Crippen LogP contribution is 2.10. The van der Waals surface area contributed by atoms with E-state index in [0.29, 0.717) is 19.3 Å². The molecule has 0 amide bonds. The Balaban J connectivity index is 4.66. The van der Waals surface area contributed by atoms with E-state index in [9.17, 15) is 14.4 Å². The van der Waals surface area contributed by atoms with E-state index in [1.165, 1.54) is 38.5 Å². The van der Waals surface area contributed by atoms with Gasteiger partial charge in [-0.15, -0.1) is 0 Å². The van der Waals surface area contributed by atoms with Gasteiger partial charge in [0.2, 0.25) is 0 Å². The summed E-state index contributed by atoms with van der Waals surface area (Å²) in [4.78, 5) is 37.7. The molecule has 1 atom stereocenters. The molecule has 0 radical (unpaired) electrons. The van der Waals surface area contributed by atoms with Gasteiger partial charge in [-0.2, -0.15) is 0 Å². The van der Waals surface area contributed by atoms with Crippen LogP contribution in [0.25, 0.3) is 0 Å². The van der Waals surface area contributed by atoms with Crippen molar-refractivity contribution in [1.29, 1.82) is 0 Å². The van der Waals surface area contributed by atoms with Gasteiger partial charge in [0.1, 0.15) is 13.2 Å². The summed E-state index contributed by atoms with van der Waals surface area (Å²) in [5.74, 6) is -1.15. The van der Waals surface area contributed by atoms with Crippen molar-refractivity contribution in [3.8, 4) is 0 Å². The average Bonchev–Trinajstić information content (AvgIpc) is 3.24. The summed E-state index contributed by atoms with van der Waals surface area (Å²) in [6.07, 6.45) is 66.0. The van der Waals surface area contributed by atoms with Gasteiger partial charge in [-0.1, -0.05) is 193 Å². The van der Waals surface area contributed by atoms with Crippen LogP contribution in [-0.2, 0) is 28.6 Å². The molecule has 6 nitrogen and oxygen atoms in total. The number of hydrogen-bond donors (Lipinski definition) is 0. The summed E-state index contributed by atoms with van der Waals surface area (Å²) in [6, 6.07) is 0. The zero-order chi connectivity index (χ0) is 43.7. The summed E-state index contributed by atoms with van der Waals surface area (Å²) in [5.41, 5.74) is 0. The van der Waals surface area contributed by atoms with Gasteiger partial charge in [0, 0.05) is 19.3 Å². The van der Waals surface area contributed by atoms with Gasteiger partial charge >= 0.3 is 17.9 Å². The van der Waals surface area contributed by atoms with Crippen LogP contribution in [0, 0.1) is 0 Å². The minimum Gasteiger partial charge on any atom is -0.462 e. The van der Waals surface area contributed by atoms with Crippen LogP contribution in [0.15, 0.2) is 134 Å². The van der Waals surface area contributed by atoms with Crippen molar-refractivity contribution in [2.24, 2.45) is 0 Å². The second-order valence-electron chi connectivity index (χ2n) is 14.6. The summed E-state index contributed by atoms with van der Waals surface area (Å²) in [5, 5.41) is 0. The summed E-state index contributed by atoms with van der Waals surface area (Å²) < 4.78 is 16.5. The highest BCUT2D eigenvalue weighted by atomic mass is 16.6. The fourth-order valence-corrected chi connectivity index (χ4v) is 5.55. The first kappa shape index (κ1) is 55.5. The van der Waals surface area contributed by atoms with E-state index >= 15 is 0 Å². The first-order chi connectivity index (χ1) is 29.5. The molecule has 0 fully saturated rings. The molecule has 0 heterocycles. The van der Waals surface area contributed by atoms with Crippen molar-refractivity contribution in [3.05, 3.63) is 134 Å². The molecule has 0 aromatic carbocycles. The molecule has 0 aromatic heterocycles. The normalized spacial score (nSPS) is 13.3. The molecule has 0 rings (SSSR count). The van der Waals surface area contributed by atoms with Crippen molar-refractivity contribution >= 4 is 17.9 Å². The maximum absolute atomic E-state index is 12.7. The van der Waals surface area contributed by atoms with Crippen molar-refractivity contribution in [1.82, 2.24) is 0 Å². The van der Waals surface area contributed by atoms with Gasteiger partial charge in [0.05, 0.1) is 0 Å². The van der Waals surface area contributed by atoms with Crippen molar-refractivity contribution in [2.45, 2.75) is 175 Å². The molecule has 0 saturated heterocycles. The number of carbonyl (C=O) groups excluding carboxylic acids is 3. The third kappa shape index (κ3) is 44.6. The molecular formula is C54H82O6. The standard InChI is InChI=1S/C54H82O6/c1-4-7-10-13-16-19-22-25-26-27-30-32-35-38-41-44-47-53(56)59-50-51(60-54(57)48-45-42-39-36-33-29-24-21-18-15-12-9-6-3)49-58-52(55)46-43-40-37-34-31-28-23-20-17-14-11-8-5-2/h7,9-10,12,15-16,18-19,21,24-26,28-33,37-38,40-41,51H,4-6,8,11,13-14,17,20,22-23,27,34-36,39,42-50H2,1-3H3/b10-7-,12-9-,18-15-,19-16-,24-21-,26-25-,31-28-,32-30-,33-29-,40-37-,41-38-. The predicted molar refractivity (Wildman–Crippen MR) is 256 cm³/mol. The Morgan fingerprint density at radius 1 is 0.367 bits per heavy atom. The van der Waals surface area contributed by atoms with Gasteiger partial charge in [-0.3, -0.25) is 14.4 Å². The molecular weight excluding hydrogens is 745 g/mol. The third-order valence-corrected chi connectivity index (χ3v) is 8.99. The first-order valence-corrected chi connectivity index (χ1v) is 23.2. The van der Waals surface area contributed by atoms with E-state index < -0.39 is 6.10 Å². The topological polar surface area (TPSA) is 78.9 Å². The van der Waals surface area contributed by atoms with Gasteiger partial charge in [0.15, 0.2) is 6.10 Å². The Morgan fingerprint density at radius 3 is 1.28 bits per heavy atom. The molecule has 0 aliphatic carbocycles. The van der Waals surface area contributed by atoms with E-state index in [4.69, 9.17) is 14.2 Å². The van der Waals surface area contributed by atoms with Gasteiger partial charge in [-0.05, 0) is 89.9 Å². The Hall–Kier alpha value is -4.45. The van der Waals surface area contributed by atoms with E-state index in [1.54, 1.807) is 0 Å². The zero-order valence-corrected chi connectivity index (χ0v) is 37.9. The van der Waals surface area contributed by atoms with Crippen LogP contribution in [-0.4, -0.2) is 37.2 Å². The molecule has 334 valence electrons. The Labute approximate surface area is 366 Å². The Morgan fingerprint density at radius 2 is 0.767 bits per heavy atom. The van der Waals surface area contributed by atoms with Crippen LogP contribution in [0.1, 0.15) is 168 Å². The SMILES string of the molecule is CC\C=C/C=C\C=C/C=C\CCCCCC(=O)OC(COC(=O)CC/C=C\C/C=C\C/C=C\C/C=C\C/C=C\CC)COC(=O)CC/C=C\C/C=C\CCCCCCCC. The second-order valence-corrected chi connectivity index (χ2v) is 14.6. The van der Waals surface area contributed by atoms with Crippen LogP contribution >= 0.6 is 0 Å². The lowest BCUT2D eigenvalue weighted by molar-refractivity contribution is -0.166. The largest absolute Gasteiger partial charge is 0.462 e. The van der Waals surface area contributed by atoms with Gasteiger partial charge in [0.25, 0.3) is 0 Å². The van der Waals surface area contributed by atoms with Crippen LogP contribution in [0.2, 0.25) is 0 Å². The number of carbonyl (C=O) groups is 3. The highest BCUT2D eigenvalue weighted by molar-refractivity contribution is 5.71. The lowest BCUT2D eigenvalue weighted by Crippen LogP contribution is -2.30. The second kappa shape index (κ2) is 47.2. The van der Waals surface area contributed by atoms with Crippen molar-refractivity contribution in [2.75, 3.05) is 13.2 Å². The monoisotopic (exact) mass is 827 g/mol. The lowest BCUT2D eigenvalue weighted by atomic mass is 10.1. The molecule has 0 N–H and O–H groups in total. The molecule has 0 aromatic rings. The maximum atomic E-state index is 12.7. The fourth-order valence-electron chi connectivity index (χ4n) is 5.55. The first-order valence-electron chi connectivity index (χ1n) is 23.2. The molecule has 0 aliphatic rings. The Kier molecular flexibility index (Phi) is 43.7. The molecule has 0 spiro atoms. The number of esters is 3. The van der Waals surface area contributed by atoms with Crippen LogP contribution < -0.4 is 0 Å². The number of hydrogen-bond acceptors (Lipinski definition) is 6. The Bertz CT molecular complexity index is 1370. The number of unbranched alkanes of at least 4 members (excludes halogenated alkanes) is 9. The van der Waals surface area contributed by atoms with Crippen molar-refractivity contribution in [3.63, 3.8) is 0 Å². The summed E-state index contributed by atoms with van der Waals surface area (Å²) in [7, 11) is 0. The minimum atomic E-state index is -0.854. The van der Waals surface area contributed by atoms with E-state index in [0.717, 1.165) is 70.6 Å². The lowest BCUT2D eigenvalue weighted by Gasteiger charge is -2.18. The molecule has 1 unspecified atom stereocenters. The zero-order valence-electron chi connectivity index (χ0n) is 37.9. The fraction of sp³-hybridized carbons (Fsp3) is 0.537. The number of rotatable bonds is 39. The molecule has 0 bridgehead atoms.